The predicted molar refractivity (Wildman–Crippen MR) is 86.7 cm³/mol. The number of anilines is 1. The zero-order valence-corrected chi connectivity index (χ0v) is 13.8. The number of hydrogen-bond acceptors (Lipinski definition) is 8. The lowest BCUT2D eigenvalue weighted by Gasteiger charge is -2.34. The minimum Gasteiger partial charge on any atom is -0.351 e. The van der Waals surface area contributed by atoms with Gasteiger partial charge in [-0.1, -0.05) is 19.0 Å². The highest BCUT2D eigenvalue weighted by molar-refractivity contribution is 5.63. The van der Waals surface area contributed by atoms with Gasteiger partial charge in [-0.2, -0.15) is 4.98 Å². The number of piperazine rings is 1. The molecule has 0 unspecified atom stereocenters. The summed E-state index contributed by atoms with van der Waals surface area (Å²) < 4.78 is 7.23. The van der Waals surface area contributed by atoms with Gasteiger partial charge in [0.15, 0.2) is 11.6 Å². The van der Waals surface area contributed by atoms with Crippen molar-refractivity contribution in [3.05, 3.63) is 30.4 Å². The first-order chi connectivity index (χ1) is 11.7. The fourth-order valence-electron chi connectivity index (χ4n) is 2.84. The van der Waals surface area contributed by atoms with Crippen molar-refractivity contribution in [2.24, 2.45) is 0 Å². The van der Waals surface area contributed by atoms with E-state index in [4.69, 9.17) is 4.52 Å². The Bertz CT molecular complexity index is 818. The van der Waals surface area contributed by atoms with Crippen LogP contribution >= 0.6 is 0 Å². The molecule has 4 heterocycles. The molecule has 0 atom stereocenters. The van der Waals surface area contributed by atoms with E-state index >= 15 is 0 Å². The largest absolute Gasteiger partial charge is 0.351 e. The maximum atomic E-state index is 5.34. The van der Waals surface area contributed by atoms with Crippen molar-refractivity contribution in [1.29, 1.82) is 0 Å². The molecule has 0 aromatic carbocycles. The van der Waals surface area contributed by atoms with Gasteiger partial charge in [0.1, 0.15) is 6.33 Å². The molecule has 3 aromatic heterocycles. The van der Waals surface area contributed by atoms with Gasteiger partial charge < -0.3 is 9.42 Å². The highest BCUT2D eigenvalue weighted by atomic mass is 16.5. The van der Waals surface area contributed by atoms with Crippen LogP contribution in [0.2, 0.25) is 0 Å². The third-order valence-corrected chi connectivity index (χ3v) is 4.23. The van der Waals surface area contributed by atoms with Gasteiger partial charge in [-0.3, -0.25) is 9.30 Å². The fourth-order valence-corrected chi connectivity index (χ4v) is 2.84. The van der Waals surface area contributed by atoms with Crippen LogP contribution in [0, 0.1) is 0 Å². The van der Waals surface area contributed by atoms with E-state index in [1.165, 1.54) is 0 Å². The Kier molecular flexibility index (Phi) is 3.85. The van der Waals surface area contributed by atoms with E-state index in [1.54, 1.807) is 12.5 Å². The van der Waals surface area contributed by atoms with E-state index in [9.17, 15) is 0 Å². The molecule has 24 heavy (non-hydrogen) atoms. The second kappa shape index (κ2) is 6.16. The molecule has 0 aliphatic carbocycles. The molecule has 9 heteroatoms. The summed E-state index contributed by atoms with van der Waals surface area (Å²) in [6.45, 7) is 8.40. The molecule has 4 rings (SSSR count). The second-order valence-corrected chi connectivity index (χ2v) is 6.28. The van der Waals surface area contributed by atoms with Crippen molar-refractivity contribution in [1.82, 2.24) is 34.6 Å². The SMILES string of the molecule is CC(C)c1noc(CN2CCN(c3nccn4cnnc34)CC2)n1. The summed E-state index contributed by atoms with van der Waals surface area (Å²) in [6.07, 6.45) is 5.33. The van der Waals surface area contributed by atoms with Gasteiger partial charge in [0.2, 0.25) is 11.5 Å². The predicted octanol–water partition coefficient (Wildman–Crippen LogP) is 0.953. The van der Waals surface area contributed by atoms with Crippen molar-refractivity contribution >= 4 is 11.5 Å². The van der Waals surface area contributed by atoms with Gasteiger partial charge in [0, 0.05) is 44.5 Å². The summed E-state index contributed by atoms with van der Waals surface area (Å²) in [5.74, 6) is 2.62. The van der Waals surface area contributed by atoms with Crippen LogP contribution < -0.4 is 4.90 Å². The van der Waals surface area contributed by atoms with E-state index in [-0.39, 0.29) is 5.92 Å². The van der Waals surface area contributed by atoms with E-state index in [1.807, 2.05) is 10.6 Å². The van der Waals surface area contributed by atoms with Crippen LogP contribution in [0.5, 0.6) is 0 Å². The van der Waals surface area contributed by atoms with Gasteiger partial charge in [-0.15, -0.1) is 10.2 Å². The van der Waals surface area contributed by atoms with E-state index in [0.717, 1.165) is 43.5 Å². The van der Waals surface area contributed by atoms with Crippen molar-refractivity contribution in [3.63, 3.8) is 0 Å². The summed E-state index contributed by atoms with van der Waals surface area (Å²) in [5, 5.41) is 12.1. The molecule has 9 nitrogen and oxygen atoms in total. The molecule has 1 saturated heterocycles. The van der Waals surface area contributed by atoms with Crippen LogP contribution in [-0.4, -0.2) is 60.8 Å². The Morgan fingerprint density at radius 2 is 2.04 bits per heavy atom. The van der Waals surface area contributed by atoms with Crippen LogP contribution in [-0.2, 0) is 6.54 Å². The Morgan fingerprint density at radius 1 is 1.21 bits per heavy atom. The van der Waals surface area contributed by atoms with Crippen LogP contribution in [0.3, 0.4) is 0 Å². The number of rotatable bonds is 4. The highest BCUT2D eigenvalue weighted by Crippen LogP contribution is 2.19. The van der Waals surface area contributed by atoms with Gasteiger partial charge in [-0.25, -0.2) is 4.98 Å². The second-order valence-electron chi connectivity index (χ2n) is 6.28. The standard InChI is InChI=1S/C15H20N8O/c1-11(2)13-18-12(24-20-13)9-21-5-7-22(8-6-21)14-15-19-17-10-23(15)4-3-16-14/h3-4,10-11H,5-9H2,1-2H3. The van der Waals surface area contributed by atoms with E-state index < -0.39 is 0 Å². The van der Waals surface area contributed by atoms with Gasteiger partial charge in [0.05, 0.1) is 6.54 Å². The Morgan fingerprint density at radius 3 is 2.79 bits per heavy atom. The monoisotopic (exact) mass is 328 g/mol. The van der Waals surface area contributed by atoms with Crippen molar-refractivity contribution in [2.75, 3.05) is 31.1 Å². The molecular weight excluding hydrogens is 308 g/mol. The lowest BCUT2D eigenvalue weighted by molar-refractivity contribution is 0.215. The topological polar surface area (TPSA) is 88.5 Å². The normalized spacial score (nSPS) is 16.4. The minimum atomic E-state index is 0.286. The fraction of sp³-hybridized carbons (Fsp3) is 0.533. The molecule has 126 valence electrons. The summed E-state index contributed by atoms with van der Waals surface area (Å²) >= 11 is 0. The zero-order chi connectivity index (χ0) is 16.5. The lowest BCUT2D eigenvalue weighted by atomic mass is 10.2. The molecule has 1 fully saturated rings. The number of aromatic nitrogens is 6. The molecule has 1 aliphatic heterocycles. The van der Waals surface area contributed by atoms with Crippen LogP contribution in [0.4, 0.5) is 5.82 Å². The van der Waals surface area contributed by atoms with Crippen molar-refractivity contribution < 1.29 is 4.52 Å². The third kappa shape index (κ3) is 2.82. The van der Waals surface area contributed by atoms with E-state index in [2.05, 4.69) is 49.0 Å². The molecular formula is C15H20N8O. The molecule has 0 amide bonds. The van der Waals surface area contributed by atoms with Crippen LogP contribution in [0.15, 0.2) is 23.2 Å². The number of nitrogens with zero attached hydrogens (tertiary/aromatic N) is 8. The third-order valence-electron chi connectivity index (χ3n) is 4.23. The maximum Gasteiger partial charge on any atom is 0.240 e. The Labute approximate surface area is 139 Å². The summed E-state index contributed by atoms with van der Waals surface area (Å²) in [5.41, 5.74) is 0.796. The molecule has 0 N–H and O–H groups in total. The molecule has 3 aromatic rings. The molecule has 0 spiro atoms. The number of hydrogen-bond donors (Lipinski definition) is 0. The van der Waals surface area contributed by atoms with Crippen molar-refractivity contribution in [2.45, 2.75) is 26.3 Å². The first-order valence-electron chi connectivity index (χ1n) is 8.15. The lowest BCUT2D eigenvalue weighted by Crippen LogP contribution is -2.46. The van der Waals surface area contributed by atoms with E-state index in [0.29, 0.717) is 12.4 Å². The average Bonchev–Trinajstić information content (AvgIpc) is 3.24. The average molecular weight is 328 g/mol. The van der Waals surface area contributed by atoms with Gasteiger partial charge in [-0.05, 0) is 0 Å². The number of fused-ring (bicyclic) bond motifs is 1. The Hall–Kier alpha value is -2.55. The molecule has 0 bridgehead atoms. The zero-order valence-electron chi connectivity index (χ0n) is 13.8. The Balaban J connectivity index is 1.40. The molecule has 1 aliphatic rings. The van der Waals surface area contributed by atoms with Crippen LogP contribution in [0.1, 0.15) is 31.5 Å². The summed E-state index contributed by atoms with van der Waals surface area (Å²) in [6, 6.07) is 0. The quantitative estimate of drug-likeness (QED) is 0.699. The maximum absolute atomic E-state index is 5.34. The first kappa shape index (κ1) is 15.0. The summed E-state index contributed by atoms with van der Waals surface area (Å²) in [7, 11) is 0. The summed E-state index contributed by atoms with van der Waals surface area (Å²) in [4.78, 5) is 13.5. The molecule has 0 saturated carbocycles. The van der Waals surface area contributed by atoms with Crippen LogP contribution in [0.25, 0.3) is 5.65 Å². The van der Waals surface area contributed by atoms with Gasteiger partial charge >= 0.3 is 0 Å². The smallest absolute Gasteiger partial charge is 0.240 e. The molecule has 0 radical (unpaired) electrons. The minimum absolute atomic E-state index is 0.286. The highest BCUT2D eigenvalue weighted by Gasteiger charge is 2.22. The van der Waals surface area contributed by atoms with Crippen molar-refractivity contribution in [3.8, 4) is 0 Å². The van der Waals surface area contributed by atoms with Gasteiger partial charge in [0.25, 0.3) is 0 Å². The first-order valence-corrected chi connectivity index (χ1v) is 8.15.